The molecule has 1 aromatic rings. The van der Waals surface area contributed by atoms with E-state index in [9.17, 15) is 18.5 Å². The van der Waals surface area contributed by atoms with Crippen LogP contribution in [0.1, 0.15) is 30.4 Å². The summed E-state index contributed by atoms with van der Waals surface area (Å²) in [6, 6.07) is 2.55. The van der Waals surface area contributed by atoms with Gasteiger partial charge in [0, 0.05) is 12.1 Å². The molecule has 8 heteroatoms. The zero-order valence-corrected chi connectivity index (χ0v) is 13.5. The van der Waals surface area contributed by atoms with Gasteiger partial charge < -0.3 is 5.73 Å². The second kappa shape index (κ2) is 6.31. The molecule has 122 valence electrons. The molecule has 1 fully saturated rings. The fourth-order valence-corrected chi connectivity index (χ4v) is 4.80. The number of sulfonamides is 1. The molecule has 2 atom stereocenters. The van der Waals surface area contributed by atoms with Gasteiger partial charge in [-0.25, -0.2) is 13.1 Å². The Hall–Kier alpha value is -1.51. The average molecular weight is 327 g/mol. The molecule has 3 N–H and O–H groups in total. The lowest BCUT2D eigenvalue weighted by atomic mass is 10.1. The van der Waals surface area contributed by atoms with Crippen molar-refractivity contribution in [1.82, 2.24) is 4.72 Å². The normalized spacial score (nSPS) is 22.0. The van der Waals surface area contributed by atoms with E-state index in [-0.39, 0.29) is 16.9 Å². The van der Waals surface area contributed by atoms with Crippen molar-refractivity contribution >= 4 is 15.7 Å². The molecule has 0 unspecified atom stereocenters. The summed E-state index contributed by atoms with van der Waals surface area (Å²) < 4.78 is 28.0. The van der Waals surface area contributed by atoms with Gasteiger partial charge in [-0.15, -0.1) is 0 Å². The maximum absolute atomic E-state index is 12.7. The Bertz CT molecular complexity index is 688. The van der Waals surface area contributed by atoms with Crippen LogP contribution in [0.15, 0.2) is 17.0 Å². The molecule has 0 heterocycles. The van der Waals surface area contributed by atoms with Crippen LogP contribution in [0.5, 0.6) is 0 Å². The zero-order valence-electron chi connectivity index (χ0n) is 12.7. The molecular formula is C14H21N3O4S. The monoisotopic (exact) mass is 327 g/mol. The lowest BCUT2D eigenvalue weighted by Crippen LogP contribution is -2.40. The first-order chi connectivity index (χ1) is 10.3. The third kappa shape index (κ3) is 3.13. The van der Waals surface area contributed by atoms with E-state index in [2.05, 4.69) is 4.72 Å². The van der Waals surface area contributed by atoms with E-state index in [4.69, 9.17) is 5.73 Å². The second-order valence-electron chi connectivity index (χ2n) is 5.77. The highest BCUT2D eigenvalue weighted by atomic mass is 32.2. The summed E-state index contributed by atoms with van der Waals surface area (Å²) in [6.07, 6.45) is 2.49. The van der Waals surface area contributed by atoms with Gasteiger partial charge in [0.05, 0.1) is 4.92 Å². The fourth-order valence-electron chi connectivity index (χ4n) is 2.99. The lowest BCUT2D eigenvalue weighted by molar-refractivity contribution is -0.387. The van der Waals surface area contributed by atoms with Crippen molar-refractivity contribution < 1.29 is 13.3 Å². The number of nitrogens with one attached hydrogen (secondary N) is 1. The molecule has 0 aromatic heterocycles. The van der Waals surface area contributed by atoms with Crippen LogP contribution in [-0.4, -0.2) is 25.9 Å². The molecule has 1 aliphatic rings. The Morgan fingerprint density at radius 3 is 2.64 bits per heavy atom. The van der Waals surface area contributed by atoms with Crippen LogP contribution >= 0.6 is 0 Å². The molecule has 0 amide bonds. The summed E-state index contributed by atoms with van der Waals surface area (Å²) in [5, 5.41) is 11.2. The Labute approximate surface area is 130 Å². The molecule has 0 spiro atoms. The minimum atomic E-state index is -3.96. The molecular weight excluding hydrogens is 306 g/mol. The molecule has 0 saturated heterocycles. The molecule has 1 aromatic carbocycles. The summed E-state index contributed by atoms with van der Waals surface area (Å²) in [4.78, 5) is 10.3. The first-order valence-corrected chi connectivity index (χ1v) is 8.73. The van der Waals surface area contributed by atoms with Crippen molar-refractivity contribution in [3.05, 3.63) is 33.4 Å². The van der Waals surface area contributed by atoms with Gasteiger partial charge in [-0.05, 0) is 50.3 Å². The van der Waals surface area contributed by atoms with E-state index in [1.807, 2.05) is 0 Å². The molecule has 1 saturated carbocycles. The number of nitro groups is 1. The zero-order chi connectivity index (χ0) is 16.5. The molecule has 7 nitrogen and oxygen atoms in total. The van der Waals surface area contributed by atoms with Gasteiger partial charge >= 0.3 is 0 Å². The highest BCUT2D eigenvalue weighted by molar-refractivity contribution is 7.89. The minimum Gasteiger partial charge on any atom is -0.330 e. The van der Waals surface area contributed by atoms with E-state index in [0.29, 0.717) is 24.1 Å². The summed E-state index contributed by atoms with van der Waals surface area (Å²) in [6.45, 7) is 3.73. The van der Waals surface area contributed by atoms with Gasteiger partial charge in [0.15, 0.2) is 4.90 Å². The number of rotatable bonds is 5. The van der Waals surface area contributed by atoms with Crippen molar-refractivity contribution in [3.8, 4) is 0 Å². The minimum absolute atomic E-state index is 0.0824. The predicted molar refractivity (Wildman–Crippen MR) is 83.1 cm³/mol. The van der Waals surface area contributed by atoms with Gasteiger partial charge in [-0.1, -0.05) is 12.5 Å². The van der Waals surface area contributed by atoms with Crippen molar-refractivity contribution in [1.29, 1.82) is 0 Å². The quantitative estimate of drug-likeness (QED) is 0.630. The number of nitrogens with two attached hydrogens (primary N) is 1. The smallest absolute Gasteiger partial charge is 0.289 e. The van der Waals surface area contributed by atoms with E-state index < -0.39 is 20.6 Å². The first kappa shape index (κ1) is 16.9. The van der Waals surface area contributed by atoms with Gasteiger partial charge in [0.1, 0.15) is 0 Å². The third-order valence-electron chi connectivity index (χ3n) is 4.39. The Morgan fingerprint density at radius 2 is 2.05 bits per heavy atom. The lowest BCUT2D eigenvalue weighted by Gasteiger charge is -2.20. The van der Waals surface area contributed by atoms with Crippen molar-refractivity contribution in [2.45, 2.75) is 44.0 Å². The number of hydrogen-bond acceptors (Lipinski definition) is 5. The SMILES string of the molecule is Cc1ccc([N+](=O)[O-])c(S(=O)(=O)N[C@@H]2CCC[C@H]2CN)c1C. The van der Waals surface area contributed by atoms with Gasteiger partial charge in [0.25, 0.3) is 5.69 Å². The third-order valence-corrected chi connectivity index (χ3v) is 6.06. The number of nitrogens with zero attached hydrogens (tertiary/aromatic N) is 1. The number of aryl methyl sites for hydroxylation is 1. The molecule has 22 heavy (non-hydrogen) atoms. The van der Waals surface area contributed by atoms with Crippen LogP contribution in [0.3, 0.4) is 0 Å². The van der Waals surface area contributed by atoms with Crippen LogP contribution in [0.25, 0.3) is 0 Å². The van der Waals surface area contributed by atoms with Crippen LogP contribution in [0.2, 0.25) is 0 Å². The summed E-state index contributed by atoms with van der Waals surface area (Å²) in [5.41, 5.74) is 6.39. The number of hydrogen-bond donors (Lipinski definition) is 2. The van der Waals surface area contributed by atoms with E-state index in [1.165, 1.54) is 6.07 Å². The Kier molecular flexibility index (Phi) is 4.84. The highest BCUT2D eigenvalue weighted by Crippen LogP contribution is 2.31. The van der Waals surface area contributed by atoms with Crippen molar-refractivity contribution in [2.75, 3.05) is 6.54 Å². The predicted octanol–water partition coefficient (Wildman–Crippen LogP) is 1.62. The van der Waals surface area contributed by atoms with Crippen LogP contribution in [0.4, 0.5) is 5.69 Å². The molecule has 0 bridgehead atoms. The van der Waals surface area contributed by atoms with Crippen LogP contribution in [0, 0.1) is 29.9 Å². The largest absolute Gasteiger partial charge is 0.330 e. The van der Waals surface area contributed by atoms with Crippen molar-refractivity contribution in [2.24, 2.45) is 11.7 Å². The first-order valence-electron chi connectivity index (χ1n) is 7.25. The fraction of sp³-hybridized carbons (Fsp3) is 0.571. The molecule has 0 aliphatic heterocycles. The number of nitro benzene ring substituents is 1. The average Bonchev–Trinajstić information content (AvgIpc) is 2.87. The Morgan fingerprint density at radius 1 is 1.36 bits per heavy atom. The molecule has 2 rings (SSSR count). The van der Waals surface area contributed by atoms with Gasteiger partial charge in [0.2, 0.25) is 10.0 Å². The summed E-state index contributed by atoms with van der Waals surface area (Å²) in [7, 11) is -3.96. The maximum atomic E-state index is 12.7. The van der Waals surface area contributed by atoms with E-state index in [0.717, 1.165) is 12.8 Å². The molecule has 0 radical (unpaired) electrons. The van der Waals surface area contributed by atoms with Gasteiger partial charge in [-0.2, -0.15) is 0 Å². The standard InChI is InChI=1S/C14H21N3O4S/c1-9-6-7-13(17(18)19)14(10(9)2)22(20,21)16-12-5-3-4-11(12)8-15/h6-7,11-12,16H,3-5,8,15H2,1-2H3/t11-,12+/m0/s1. The van der Waals surface area contributed by atoms with E-state index >= 15 is 0 Å². The van der Waals surface area contributed by atoms with Crippen LogP contribution < -0.4 is 10.5 Å². The maximum Gasteiger partial charge on any atom is 0.289 e. The van der Waals surface area contributed by atoms with Crippen LogP contribution in [-0.2, 0) is 10.0 Å². The number of benzene rings is 1. The Balaban J connectivity index is 2.45. The topological polar surface area (TPSA) is 115 Å². The summed E-state index contributed by atoms with van der Waals surface area (Å²) in [5.74, 6) is 0.0824. The highest BCUT2D eigenvalue weighted by Gasteiger charge is 2.34. The molecule has 1 aliphatic carbocycles. The summed E-state index contributed by atoms with van der Waals surface area (Å²) >= 11 is 0. The van der Waals surface area contributed by atoms with Gasteiger partial charge in [-0.3, -0.25) is 10.1 Å². The van der Waals surface area contributed by atoms with Crippen molar-refractivity contribution in [3.63, 3.8) is 0 Å². The van der Waals surface area contributed by atoms with E-state index in [1.54, 1.807) is 19.9 Å². The second-order valence-corrected chi connectivity index (χ2v) is 7.42.